The number of carbonyl (C=O) groups is 2. The highest BCUT2D eigenvalue weighted by Crippen LogP contribution is 2.09. The number of nitrogens with one attached hydrogen (secondary N) is 1. The zero-order valence-corrected chi connectivity index (χ0v) is 9.54. The van der Waals surface area contributed by atoms with Gasteiger partial charge in [0.2, 0.25) is 5.91 Å². The first-order valence-corrected chi connectivity index (χ1v) is 5.14. The number of carbonyl (C=O) groups excluding carboxylic acids is 2. The van der Waals surface area contributed by atoms with Crippen LogP contribution in [-0.4, -0.2) is 18.4 Å². The van der Waals surface area contributed by atoms with Gasteiger partial charge >= 0.3 is 0 Å². The Bertz CT molecular complexity index is 413. The molecule has 0 aromatic heterocycles. The Morgan fingerprint density at radius 1 is 1.25 bits per heavy atom. The first-order chi connectivity index (χ1) is 7.50. The van der Waals surface area contributed by atoms with Gasteiger partial charge in [-0.15, -0.1) is 0 Å². The molecular formula is C12H16N2O2. The lowest BCUT2D eigenvalue weighted by atomic mass is 10.1. The molecule has 1 rings (SSSR count). The summed E-state index contributed by atoms with van der Waals surface area (Å²) >= 11 is 0. The van der Waals surface area contributed by atoms with E-state index in [0.29, 0.717) is 5.56 Å². The summed E-state index contributed by atoms with van der Waals surface area (Å²) in [7, 11) is 0. The Labute approximate surface area is 94.8 Å². The highest BCUT2D eigenvalue weighted by atomic mass is 16.2. The topological polar surface area (TPSA) is 72.2 Å². The summed E-state index contributed by atoms with van der Waals surface area (Å²) in [6, 6.07) is 5.50. The molecule has 3 N–H and O–H groups in total. The number of hydrogen-bond acceptors (Lipinski definition) is 2. The Hall–Kier alpha value is -1.84. The number of primary amides is 1. The largest absolute Gasteiger partial charge is 0.370 e. The van der Waals surface area contributed by atoms with Crippen LogP contribution in [0.25, 0.3) is 0 Å². The second-order valence-electron chi connectivity index (χ2n) is 3.77. The van der Waals surface area contributed by atoms with Crippen LogP contribution < -0.4 is 11.1 Å². The molecule has 1 aromatic carbocycles. The summed E-state index contributed by atoms with van der Waals surface area (Å²) in [6.45, 7) is 4.22. The molecule has 0 aliphatic heterocycles. The number of amides is 2. The highest BCUT2D eigenvalue weighted by Gasteiger charge is 2.06. The third-order valence-corrected chi connectivity index (χ3v) is 2.43. The van der Waals surface area contributed by atoms with Crippen LogP contribution in [0.3, 0.4) is 0 Å². The highest BCUT2D eigenvalue weighted by molar-refractivity contribution is 5.94. The predicted octanol–water partition coefficient (Wildman–Crippen LogP) is 0.909. The maximum absolute atomic E-state index is 11.6. The van der Waals surface area contributed by atoms with Gasteiger partial charge in [-0.25, -0.2) is 0 Å². The number of aryl methyl sites for hydroxylation is 2. The maximum atomic E-state index is 11.6. The molecule has 0 fully saturated rings. The third-order valence-electron chi connectivity index (χ3n) is 2.43. The summed E-state index contributed by atoms with van der Waals surface area (Å²) < 4.78 is 0. The van der Waals surface area contributed by atoms with Gasteiger partial charge in [-0.3, -0.25) is 9.59 Å². The molecule has 0 radical (unpaired) electrons. The van der Waals surface area contributed by atoms with Gasteiger partial charge in [0, 0.05) is 18.5 Å². The Morgan fingerprint density at radius 3 is 2.50 bits per heavy atom. The first-order valence-electron chi connectivity index (χ1n) is 5.14. The van der Waals surface area contributed by atoms with Crippen LogP contribution >= 0.6 is 0 Å². The molecule has 0 saturated carbocycles. The van der Waals surface area contributed by atoms with Crippen LogP contribution in [0.15, 0.2) is 18.2 Å². The Balaban J connectivity index is 2.59. The molecule has 0 heterocycles. The van der Waals surface area contributed by atoms with Crippen LogP contribution in [-0.2, 0) is 4.79 Å². The van der Waals surface area contributed by atoms with Gasteiger partial charge in [0.25, 0.3) is 5.91 Å². The molecule has 16 heavy (non-hydrogen) atoms. The molecule has 86 valence electrons. The van der Waals surface area contributed by atoms with Gasteiger partial charge in [-0.05, 0) is 37.1 Å². The summed E-state index contributed by atoms with van der Waals surface area (Å²) in [5, 5.41) is 2.64. The van der Waals surface area contributed by atoms with E-state index in [4.69, 9.17) is 5.73 Å². The van der Waals surface area contributed by atoms with E-state index in [1.807, 2.05) is 26.0 Å². The second-order valence-corrected chi connectivity index (χ2v) is 3.77. The molecule has 0 spiro atoms. The van der Waals surface area contributed by atoms with E-state index in [-0.39, 0.29) is 18.9 Å². The smallest absolute Gasteiger partial charge is 0.251 e. The number of nitrogens with two attached hydrogens (primary N) is 1. The van der Waals surface area contributed by atoms with Crippen molar-refractivity contribution in [3.63, 3.8) is 0 Å². The van der Waals surface area contributed by atoms with E-state index < -0.39 is 5.91 Å². The van der Waals surface area contributed by atoms with Gasteiger partial charge in [-0.2, -0.15) is 0 Å². The Kier molecular flexibility index (Phi) is 4.05. The molecule has 0 aliphatic rings. The monoisotopic (exact) mass is 220 g/mol. The molecule has 0 atom stereocenters. The van der Waals surface area contributed by atoms with Gasteiger partial charge in [0.1, 0.15) is 0 Å². The van der Waals surface area contributed by atoms with Crippen molar-refractivity contribution in [1.29, 1.82) is 0 Å². The molecule has 4 heteroatoms. The van der Waals surface area contributed by atoms with E-state index in [1.165, 1.54) is 0 Å². The fraction of sp³-hybridized carbons (Fsp3) is 0.333. The molecule has 0 saturated heterocycles. The van der Waals surface area contributed by atoms with Crippen LogP contribution in [0.4, 0.5) is 0 Å². The molecule has 2 amide bonds. The summed E-state index contributed by atoms with van der Waals surface area (Å²) in [4.78, 5) is 22.1. The average molecular weight is 220 g/mol. The maximum Gasteiger partial charge on any atom is 0.251 e. The third kappa shape index (κ3) is 3.38. The number of benzene rings is 1. The summed E-state index contributed by atoms with van der Waals surface area (Å²) in [6.07, 6.45) is 0.163. The minimum Gasteiger partial charge on any atom is -0.370 e. The number of rotatable bonds is 4. The molecular weight excluding hydrogens is 204 g/mol. The molecule has 0 aliphatic carbocycles. The van der Waals surface area contributed by atoms with Gasteiger partial charge in [0.15, 0.2) is 0 Å². The van der Waals surface area contributed by atoms with Crippen molar-refractivity contribution in [2.24, 2.45) is 5.73 Å². The van der Waals surface area contributed by atoms with Crippen molar-refractivity contribution in [3.8, 4) is 0 Å². The lowest BCUT2D eigenvalue weighted by Crippen LogP contribution is -2.27. The quantitative estimate of drug-likeness (QED) is 0.791. The van der Waals surface area contributed by atoms with E-state index >= 15 is 0 Å². The van der Waals surface area contributed by atoms with Crippen LogP contribution in [0.1, 0.15) is 27.9 Å². The molecule has 1 aromatic rings. The van der Waals surface area contributed by atoms with Crippen molar-refractivity contribution < 1.29 is 9.59 Å². The van der Waals surface area contributed by atoms with Crippen molar-refractivity contribution in [3.05, 3.63) is 34.9 Å². The van der Waals surface area contributed by atoms with Crippen molar-refractivity contribution in [2.75, 3.05) is 6.54 Å². The second kappa shape index (κ2) is 5.30. The van der Waals surface area contributed by atoms with E-state index in [2.05, 4.69) is 5.32 Å². The zero-order valence-electron chi connectivity index (χ0n) is 9.54. The van der Waals surface area contributed by atoms with Gasteiger partial charge < -0.3 is 11.1 Å². The molecule has 0 unspecified atom stereocenters. The van der Waals surface area contributed by atoms with E-state index in [1.54, 1.807) is 6.07 Å². The van der Waals surface area contributed by atoms with Gasteiger partial charge in [0.05, 0.1) is 0 Å². The minimum atomic E-state index is -0.416. The Morgan fingerprint density at radius 2 is 1.94 bits per heavy atom. The van der Waals surface area contributed by atoms with E-state index in [0.717, 1.165) is 11.1 Å². The predicted molar refractivity (Wildman–Crippen MR) is 62.1 cm³/mol. The van der Waals surface area contributed by atoms with Crippen LogP contribution in [0.5, 0.6) is 0 Å². The molecule has 0 bridgehead atoms. The zero-order chi connectivity index (χ0) is 12.1. The normalized spacial score (nSPS) is 9.88. The lowest BCUT2D eigenvalue weighted by Gasteiger charge is -2.06. The first kappa shape index (κ1) is 12.2. The summed E-state index contributed by atoms with van der Waals surface area (Å²) in [5.41, 5.74) is 7.79. The van der Waals surface area contributed by atoms with Crippen LogP contribution in [0, 0.1) is 13.8 Å². The fourth-order valence-electron chi connectivity index (χ4n) is 1.28. The van der Waals surface area contributed by atoms with Crippen molar-refractivity contribution in [2.45, 2.75) is 20.3 Å². The molecule has 4 nitrogen and oxygen atoms in total. The van der Waals surface area contributed by atoms with Crippen molar-refractivity contribution >= 4 is 11.8 Å². The van der Waals surface area contributed by atoms with Crippen LogP contribution in [0.2, 0.25) is 0 Å². The van der Waals surface area contributed by atoms with Crippen molar-refractivity contribution in [1.82, 2.24) is 5.32 Å². The van der Waals surface area contributed by atoms with Gasteiger partial charge in [-0.1, -0.05) is 6.07 Å². The standard InChI is InChI=1S/C12H16N2O2/c1-8-3-4-10(7-9(8)2)12(16)14-6-5-11(13)15/h3-4,7H,5-6H2,1-2H3,(H2,13,15)(H,14,16). The number of hydrogen-bond donors (Lipinski definition) is 2. The average Bonchev–Trinajstić information content (AvgIpc) is 2.21. The lowest BCUT2D eigenvalue weighted by molar-refractivity contribution is -0.117. The SMILES string of the molecule is Cc1ccc(C(=O)NCCC(N)=O)cc1C. The summed E-state index contributed by atoms with van der Waals surface area (Å²) in [5.74, 6) is -0.593. The van der Waals surface area contributed by atoms with E-state index in [9.17, 15) is 9.59 Å². The minimum absolute atomic E-state index is 0.163. The fourth-order valence-corrected chi connectivity index (χ4v) is 1.28.